The van der Waals surface area contributed by atoms with Gasteiger partial charge in [0, 0.05) is 56.3 Å². The quantitative estimate of drug-likeness (QED) is 0.912. The number of nitrogens with zero attached hydrogens (tertiary/aromatic N) is 4. The van der Waals surface area contributed by atoms with Crippen LogP contribution in [0.5, 0.6) is 0 Å². The van der Waals surface area contributed by atoms with Crippen LogP contribution in [0.25, 0.3) is 0 Å². The molecule has 0 bridgehead atoms. The average molecular weight is 331 g/mol. The van der Waals surface area contributed by atoms with Crippen molar-refractivity contribution in [1.29, 1.82) is 0 Å². The maximum absolute atomic E-state index is 12.4. The summed E-state index contributed by atoms with van der Waals surface area (Å²) in [5.41, 5.74) is 3.31. The number of aryl methyl sites for hydroxylation is 2. The van der Waals surface area contributed by atoms with Crippen molar-refractivity contribution in [1.82, 2.24) is 20.1 Å². The van der Waals surface area contributed by atoms with Gasteiger partial charge in [-0.25, -0.2) is 4.79 Å². The van der Waals surface area contributed by atoms with E-state index in [0.717, 1.165) is 57.2 Å². The number of pyridine rings is 1. The van der Waals surface area contributed by atoms with Crippen molar-refractivity contribution in [3.8, 4) is 0 Å². The lowest BCUT2D eigenvalue weighted by Crippen LogP contribution is -2.52. The van der Waals surface area contributed by atoms with Gasteiger partial charge in [0.05, 0.1) is 0 Å². The zero-order chi connectivity index (χ0) is 17.1. The minimum Gasteiger partial charge on any atom is -0.368 e. The Morgan fingerprint density at radius 2 is 1.83 bits per heavy atom. The van der Waals surface area contributed by atoms with Crippen LogP contribution >= 0.6 is 0 Å². The standard InChI is InChI=1S/C18H29N5O/c1-14-10-17(11-15(2)20-14)22-6-8-23(9-7-22)18(24)19-12-16-4-5-21(3)13-16/h10-11,16H,4-9,12-13H2,1-3H3,(H,19,24)/t16-/m1/s1. The number of nitrogens with one attached hydrogen (secondary N) is 1. The monoisotopic (exact) mass is 331 g/mol. The van der Waals surface area contributed by atoms with Gasteiger partial charge < -0.3 is 20.0 Å². The molecule has 24 heavy (non-hydrogen) atoms. The predicted octanol–water partition coefficient (Wildman–Crippen LogP) is 1.48. The number of hydrogen-bond donors (Lipinski definition) is 1. The van der Waals surface area contributed by atoms with Gasteiger partial charge in [-0.15, -0.1) is 0 Å². The molecular formula is C18H29N5O. The summed E-state index contributed by atoms with van der Waals surface area (Å²) in [7, 11) is 2.14. The third kappa shape index (κ3) is 4.17. The van der Waals surface area contributed by atoms with Gasteiger partial charge in [0.1, 0.15) is 0 Å². The van der Waals surface area contributed by atoms with E-state index >= 15 is 0 Å². The highest BCUT2D eigenvalue weighted by Crippen LogP contribution is 2.18. The summed E-state index contributed by atoms with van der Waals surface area (Å²) in [5, 5.41) is 3.12. The van der Waals surface area contributed by atoms with Crippen molar-refractivity contribution in [3.63, 3.8) is 0 Å². The van der Waals surface area contributed by atoms with Crippen LogP contribution in [0.15, 0.2) is 12.1 Å². The normalized spacial score (nSPS) is 22.0. The Morgan fingerprint density at radius 3 is 2.42 bits per heavy atom. The maximum Gasteiger partial charge on any atom is 0.317 e. The number of hydrogen-bond acceptors (Lipinski definition) is 4. The summed E-state index contributed by atoms with van der Waals surface area (Å²) in [6.07, 6.45) is 1.19. The van der Waals surface area contributed by atoms with Crippen molar-refractivity contribution in [3.05, 3.63) is 23.5 Å². The fraction of sp³-hybridized carbons (Fsp3) is 0.667. The average Bonchev–Trinajstić information content (AvgIpc) is 2.97. The van der Waals surface area contributed by atoms with Crippen LogP contribution in [0, 0.1) is 19.8 Å². The van der Waals surface area contributed by atoms with Gasteiger partial charge in [-0.3, -0.25) is 4.98 Å². The molecule has 1 aromatic rings. The topological polar surface area (TPSA) is 51.7 Å². The smallest absolute Gasteiger partial charge is 0.317 e. The third-order valence-electron chi connectivity index (χ3n) is 5.03. The highest BCUT2D eigenvalue weighted by Gasteiger charge is 2.24. The van der Waals surface area contributed by atoms with E-state index in [1.54, 1.807) is 0 Å². The van der Waals surface area contributed by atoms with Gasteiger partial charge in [0.2, 0.25) is 0 Å². The molecular weight excluding hydrogens is 302 g/mol. The van der Waals surface area contributed by atoms with E-state index in [-0.39, 0.29) is 6.03 Å². The zero-order valence-corrected chi connectivity index (χ0v) is 15.1. The first kappa shape index (κ1) is 17.0. The van der Waals surface area contributed by atoms with Crippen LogP contribution in [0.4, 0.5) is 10.5 Å². The lowest BCUT2D eigenvalue weighted by atomic mass is 10.1. The van der Waals surface area contributed by atoms with Crippen molar-refractivity contribution in [2.75, 3.05) is 57.8 Å². The Labute approximate surface area is 144 Å². The third-order valence-corrected chi connectivity index (χ3v) is 5.03. The Bertz CT molecular complexity index is 563. The number of carbonyl (C=O) groups is 1. The molecule has 6 nitrogen and oxygen atoms in total. The minimum absolute atomic E-state index is 0.0892. The van der Waals surface area contributed by atoms with Crippen molar-refractivity contribution in [2.24, 2.45) is 5.92 Å². The van der Waals surface area contributed by atoms with Crippen LogP contribution in [0.2, 0.25) is 0 Å². The van der Waals surface area contributed by atoms with E-state index < -0.39 is 0 Å². The van der Waals surface area contributed by atoms with Gasteiger partial charge in [0.25, 0.3) is 0 Å². The molecule has 0 saturated carbocycles. The molecule has 0 unspecified atom stereocenters. The van der Waals surface area contributed by atoms with Crippen LogP contribution in [0.3, 0.4) is 0 Å². The summed E-state index contributed by atoms with van der Waals surface area (Å²) in [6, 6.07) is 4.34. The van der Waals surface area contributed by atoms with Gasteiger partial charge in [-0.2, -0.15) is 0 Å². The molecule has 6 heteroatoms. The van der Waals surface area contributed by atoms with Gasteiger partial charge in [0.15, 0.2) is 0 Å². The molecule has 1 atom stereocenters. The molecule has 0 radical (unpaired) electrons. The first-order valence-corrected chi connectivity index (χ1v) is 8.93. The Hall–Kier alpha value is -1.82. The van der Waals surface area contributed by atoms with Gasteiger partial charge >= 0.3 is 6.03 Å². The van der Waals surface area contributed by atoms with Gasteiger partial charge in [-0.1, -0.05) is 0 Å². The second-order valence-corrected chi connectivity index (χ2v) is 7.19. The van der Waals surface area contributed by atoms with E-state index in [1.165, 1.54) is 12.1 Å². The summed E-state index contributed by atoms with van der Waals surface area (Å²) in [5.74, 6) is 0.600. The molecule has 2 saturated heterocycles. The Kier molecular flexibility index (Phi) is 5.23. The first-order valence-electron chi connectivity index (χ1n) is 8.93. The SMILES string of the molecule is Cc1cc(N2CCN(C(=O)NC[C@H]3CCN(C)C3)CC2)cc(C)n1. The van der Waals surface area contributed by atoms with Crippen LogP contribution in [-0.4, -0.2) is 73.7 Å². The molecule has 2 aliphatic heterocycles. The number of rotatable bonds is 3. The molecule has 1 aromatic heterocycles. The van der Waals surface area contributed by atoms with Gasteiger partial charge in [-0.05, 0) is 51.9 Å². The summed E-state index contributed by atoms with van der Waals surface area (Å²) in [6.45, 7) is 10.4. The molecule has 2 aliphatic rings. The van der Waals surface area contributed by atoms with Crippen molar-refractivity contribution >= 4 is 11.7 Å². The second-order valence-electron chi connectivity index (χ2n) is 7.19. The number of piperazine rings is 1. The molecule has 0 spiro atoms. The summed E-state index contributed by atoms with van der Waals surface area (Å²) >= 11 is 0. The Balaban J connectivity index is 1.46. The lowest BCUT2D eigenvalue weighted by molar-refractivity contribution is 0.192. The van der Waals surface area contributed by atoms with E-state index in [4.69, 9.17) is 0 Å². The molecule has 2 fully saturated rings. The van der Waals surface area contributed by atoms with Crippen LogP contribution in [0.1, 0.15) is 17.8 Å². The van der Waals surface area contributed by atoms with E-state index in [9.17, 15) is 4.79 Å². The number of likely N-dealkylation sites (tertiary alicyclic amines) is 1. The van der Waals surface area contributed by atoms with Crippen molar-refractivity contribution < 1.29 is 4.79 Å². The molecule has 132 valence electrons. The molecule has 1 N–H and O–H groups in total. The predicted molar refractivity (Wildman–Crippen MR) is 96.5 cm³/mol. The molecule has 2 amide bonds. The highest BCUT2D eigenvalue weighted by molar-refractivity contribution is 5.74. The number of aromatic nitrogens is 1. The summed E-state index contributed by atoms with van der Waals surface area (Å²) < 4.78 is 0. The summed E-state index contributed by atoms with van der Waals surface area (Å²) in [4.78, 5) is 23.4. The van der Waals surface area contributed by atoms with Crippen LogP contribution < -0.4 is 10.2 Å². The zero-order valence-electron chi connectivity index (χ0n) is 15.1. The van der Waals surface area contributed by atoms with E-state index in [1.807, 2.05) is 18.7 Å². The first-order chi connectivity index (χ1) is 11.5. The number of amides is 2. The van der Waals surface area contributed by atoms with E-state index in [0.29, 0.717) is 5.92 Å². The number of urea groups is 1. The number of carbonyl (C=O) groups excluding carboxylic acids is 1. The Morgan fingerprint density at radius 1 is 1.17 bits per heavy atom. The maximum atomic E-state index is 12.4. The highest BCUT2D eigenvalue weighted by atomic mass is 16.2. The lowest BCUT2D eigenvalue weighted by Gasteiger charge is -2.36. The molecule has 0 aromatic carbocycles. The molecule has 3 heterocycles. The largest absolute Gasteiger partial charge is 0.368 e. The molecule has 3 rings (SSSR count). The fourth-order valence-electron chi connectivity index (χ4n) is 3.70. The van der Waals surface area contributed by atoms with Crippen LogP contribution in [-0.2, 0) is 0 Å². The minimum atomic E-state index is 0.0892. The fourth-order valence-corrected chi connectivity index (χ4v) is 3.70. The van der Waals surface area contributed by atoms with Crippen molar-refractivity contribution in [2.45, 2.75) is 20.3 Å². The number of anilines is 1. The second kappa shape index (κ2) is 7.38. The van der Waals surface area contributed by atoms with E-state index in [2.05, 4.69) is 39.3 Å². The molecule has 0 aliphatic carbocycles.